The fourth-order valence-corrected chi connectivity index (χ4v) is 6.33. The molecule has 0 radical (unpaired) electrons. The standard InChI is InChI=1S/C18H24N4O4S/c1-17(2)10-5-6-18(17,3)13(7-10)21-27(25,26)11-8-12-14(19-9-11)22(4)16(24)20-15(12)23/h8-10,13,21H,5-7H2,1-4H3,(H,20,23,24). The van der Waals surface area contributed by atoms with Crippen LogP contribution in [0.2, 0.25) is 0 Å². The van der Waals surface area contributed by atoms with Crippen LogP contribution in [0.5, 0.6) is 0 Å². The first-order chi connectivity index (χ1) is 12.5. The van der Waals surface area contributed by atoms with Crippen LogP contribution >= 0.6 is 0 Å². The minimum Gasteiger partial charge on any atom is -0.281 e. The van der Waals surface area contributed by atoms with E-state index in [1.165, 1.54) is 23.9 Å². The van der Waals surface area contributed by atoms with Crippen molar-refractivity contribution in [2.75, 3.05) is 0 Å². The summed E-state index contributed by atoms with van der Waals surface area (Å²) in [5, 5.41) is 0.0689. The van der Waals surface area contributed by atoms with Crippen molar-refractivity contribution in [3.05, 3.63) is 33.1 Å². The molecule has 146 valence electrons. The van der Waals surface area contributed by atoms with Crippen LogP contribution in [0.4, 0.5) is 0 Å². The van der Waals surface area contributed by atoms with Gasteiger partial charge in [0.2, 0.25) is 10.0 Å². The summed E-state index contributed by atoms with van der Waals surface area (Å²) in [5.41, 5.74) is -1.11. The fraction of sp³-hybridized carbons (Fsp3) is 0.611. The zero-order valence-electron chi connectivity index (χ0n) is 15.9. The summed E-state index contributed by atoms with van der Waals surface area (Å²) in [7, 11) is -2.37. The Morgan fingerprint density at radius 2 is 2.00 bits per heavy atom. The third-order valence-electron chi connectivity index (χ3n) is 7.33. The van der Waals surface area contributed by atoms with E-state index < -0.39 is 21.3 Å². The average molecular weight is 392 g/mol. The lowest BCUT2D eigenvalue weighted by Gasteiger charge is -2.39. The Kier molecular flexibility index (Phi) is 3.75. The molecule has 2 aromatic rings. The molecule has 27 heavy (non-hydrogen) atoms. The quantitative estimate of drug-likeness (QED) is 0.812. The molecule has 0 amide bonds. The van der Waals surface area contributed by atoms with E-state index in [-0.39, 0.29) is 32.8 Å². The smallest absolute Gasteiger partial charge is 0.281 e. The molecule has 2 heterocycles. The van der Waals surface area contributed by atoms with Crippen LogP contribution in [0.1, 0.15) is 40.0 Å². The molecule has 2 saturated carbocycles. The molecule has 3 unspecified atom stereocenters. The molecule has 0 aliphatic heterocycles. The minimum absolute atomic E-state index is 0.0664. The van der Waals surface area contributed by atoms with Crippen molar-refractivity contribution in [1.82, 2.24) is 19.3 Å². The van der Waals surface area contributed by atoms with E-state index >= 15 is 0 Å². The number of nitrogens with one attached hydrogen (secondary N) is 2. The Hall–Kier alpha value is -2.00. The summed E-state index contributed by atoms with van der Waals surface area (Å²) in [6.45, 7) is 6.60. The Morgan fingerprint density at radius 1 is 1.30 bits per heavy atom. The topological polar surface area (TPSA) is 114 Å². The van der Waals surface area contributed by atoms with Crippen molar-refractivity contribution >= 4 is 21.1 Å². The van der Waals surface area contributed by atoms with Crippen molar-refractivity contribution in [3.63, 3.8) is 0 Å². The molecule has 9 heteroatoms. The number of hydrogen-bond donors (Lipinski definition) is 2. The number of aromatic nitrogens is 3. The number of nitrogens with zero attached hydrogens (tertiary/aromatic N) is 2. The molecule has 0 spiro atoms. The van der Waals surface area contributed by atoms with Gasteiger partial charge in [0.25, 0.3) is 5.56 Å². The van der Waals surface area contributed by atoms with E-state index in [2.05, 4.69) is 35.5 Å². The maximum Gasteiger partial charge on any atom is 0.329 e. The zero-order chi connectivity index (χ0) is 19.8. The number of aromatic amines is 1. The van der Waals surface area contributed by atoms with Gasteiger partial charge in [0.15, 0.2) is 0 Å². The van der Waals surface area contributed by atoms with E-state index in [9.17, 15) is 18.0 Å². The second-order valence-electron chi connectivity index (χ2n) is 8.64. The van der Waals surface area contributed by atoms with Gasteiger partial charge in [-0.05, 0) is 42.1 Å². The molecule has 2 bridgehead atoms. The van der Waals surface area contributed by atoms with Crippen LogP contribution in [0, 0.1) is 16.7 Å². The third-order valence-corrected chi connectivity index (χ3v) is 8.77. The maximum atomic E-state index is 13.0. The van der Waals surface area contributed by atoms with Crippen LogP contribution < -0.4 is 16.0 Å². The number of rotatable bonds is 3. The highest BCUT2D eigenvalue weighted by molar-refractivity contribution is 7.89. The highest BCUT2D eigenvalue weighted by atomic mass is 32.2. The van der Waals surface area contributed by atoms with Crippen LogP contribution in [0.25, 0.3) is 11.0 Å². The van der Waals surface area contributed by atoms with Gasteiger partial charge in [0.05, 0.1) is 5.39 Å². The van der Waals surface area contributed by atoms with Gasteiger partial charge < -0.3 is 0 Å². The normalized spacial score (nSPS) is 29.5. The summed E-state index contributed by atoms with van der Waals surface area (Å²) in [4.78, 5) is 29.9. The SMILES string of the molecule is Cn1c(=O)[nH]c(=O)c2cc(S(=O)(=O)NC3CC4CCC3(C)C4(C)C)cnc21. The van der Waals surface area contributed by atoms with E-state index in [1.54, 1.807) is 0 Å². The van der Waals surface area contributed by atoms with E-state index in [0.29, 0.717) is 5.92 Å². The maximum absolute atomic E-state index is 13.0. The highest BCUT2D eigenvalue weighted by Crippen LogP contribution is 2.65. The van der Waals surface area contributed by atoms with E-state index in [0.717, 1.165) is 19.3 Å². The molecule has 2 aliphatic rings. The van der Waals surface area contributed by atoms with Crippen molar-refractivity contribution in [1.29, 1.82) is 0 Å². The van der Waals surface area contributed by atoms with Crippen LogP contribution in [0.3, 0.4) is 0 Å². The van der Waals surface area contributed by atoms with Crippen LogP contribution in [-0.4, -0.2) is 29.0 Å². The predicted octanol–water partition coefficient (Wildman–Crippen LogP) is 1.11. The number of hydrogen-bond acceptors (Lipinski definition) is 5. The van der Waals surface area contributed by atoms with Crippen molar-refractivity contribution in [2.45, 2.75) is 51.0 Å². The molecular formula is C18H24N4O4S. The molecule has 2 fully saturated rings. The monoisotopic (exact) mass is 392 g/mol. The summed E-state index contributed by atoms with van der Waals surface area (Å²) >= 11 is 0. The molecule has 2 N–H and O–H groups in total. The lowest BCUT2D eigenvalue weighted by atomic mass is 9.69. The lowest BCUT2D eigenvalue weighted by molar-refractivity contribution is 0.130. The zero-order valence-corrected chi connectivity index (χ0v) is 16.7. The van der Waals surface area contributed by atoms with Crippen LogP contribution in [-0.2, 0) is 17.1 Å². The first-order valence-corrected chi connectivity index (χ1v) is 10.6. The molecule has 4 rings (SSSR count). The van der Waals surface area contributed by atoms with Crippen molar-refractivity contribution < 1.29 is 8.42 Å². The first-order valence-electron chi connectivity index (χ1n) is 9.09. The molecule has 0 aromatic carbocycles. The molecule has 3 atom stereocenters. The number of aryl methyl sites for hydroxylation is 1. The Morgan fingerprint density at radius 3 is 2.59 bits per heavy atom. The van der Waals surface area contributed by atoms with E-state index in [4.69, 9.17) is 0 Å². The largest absolute Gasteiger partial charge is 0.329 e. The fourth-order valence-electron chi connectivity index (χ4n) is 5.00. The third kappa shape index (κ3) is 2.44. The average Bonchev–Trinajstić information content (AvgIpc) is 2.92. The number of pyridine rings is 1. The summed E-state index contributed by atoms with van der Waals surface area (Å²) in [5.74, 6) is 0.502. The Bertz CT molecular complexity index is 1160. The second kappa shape index (κ2) is 5.51. The summed E-state index contributed by atoms with van der Waals surface area (Å²) < 4.78 is 30.0. The van der Waals surface area contributed by atoms with Crippen molar-refractivity contribution in [3.8, 4) is 0 Å². The van der Waals surface area contributed by atoms with Crippen molar-refractivity contribution in [2.24, 2.45) is 23.8 Å². The predicted molar refractivity (Wildman–Crippen MR) is 101 cm³/mol. The summed E-state index contributed by atoms with van der Waals surface area (Å²) in [6.07, 6.45) is 4.14. The molecule has 0 saturated heterocycles. The highest BCUT2D eigenvalue weighted by Gasteiger charge is 2.61. The molecule has 8 nitrogen and oxygen atoms in total. The van der Waals surface area contributed by atoms with Gasteiger partial charge in [0, 0.05) is 19.3 Å². The number of H-pyrrole nitrogens is 1. The molecule has 2 aliphatic carbocycles. The van der Waals surface area contributed by atoms with Gasteiger partial charge >= 0.3 is 5.69 Å². The number of fused-ring (bicyclic) bond motifs is 3. The van der Waals surface area contributed by atoms with Gasteiger partial charge in [-0.2, -0.15) is 0 Å². The van der Waals surface area contributed by atoms with Gasteiger partial charge in [-0.15, -0.1) is 0 Å². The molecule has 2 aromatic heterocycles. The first kappa shape index (κ1) is 18.4. The van der Waals surface area contributed by atoms with Gasteiger partial charge in [-0.1, -0.05) is 20.8 Å². The Balaban J connectivity index is 1.73. The second-order valence-corrected chi connectivity index (χ2v) is 10.4. The van der Waals surface area contributed by atoms with Crippen LogP contribution in [0.15, 0.2) is 26.7 Å². The molecular weight excluding hydrogens is 368 g/mol. The number of sulfonamides is 1. The Labute approximate surface area is 157 Å². The van der Waals surface area contributed by atoms with Gasteiger partial charge in [0.1, 0.15) is 10.5 Å². The lowest BCUT2D eigenvalue weighted by Crippen LogP contribution is -2.46. The minimum atomic E-state index is -3.84. The van der Waals surface area contributed by atoms with Gasteiger partial charge in [-0.25, -0.2) is 22.9 Å². The van der Waals surface area contributed by atoms with Gasteiger partial charge in [-0.3, -0.25) is 14.3 Å². The van der Waals surface area contributed by atoms with E-state index in [1.807, 2.05) is 0 Å². The summed E-state index contributed by atoms with van der Waals surface area (Å²) in [6, 6.07) is 1.13.